The fourth-order valence-corrected chi connectivity index (χ4v) is 3.88. The molecule has 0 amide bonds. The van der Waals surface area contributed by atoms with Crippen LogP contribution >= 0.6 is 38.9 Å². The van der Waals surface area contributed by atoms with Gasteiger partial charge in [0.2, 0.25) is 0 Å². The van der Waals surface area contributed by atoms with Crippen molar-refractivity contribution < 1.29 is 0 Å². The number of halogens is 2. The smallest absolute Gasteiger partial charge is 0.0738 e. The molecule has 0 aromatic carbocycles. The third-order valence-corrected chi connectivity index (χ3v) is 5.66. The number of nitrogens with one attached hydrogen (secondary N) is 1. The predicted octanol–water partition coefficient (Wildman–Crippen LogP) is 4.19. The van der Waals surface area contributed by atoms with Crippen LogP contribution in [0.15, 0.2) is 15.9 Å². The fourth-order valence-electron chi connectivity index (χ4n) is 2.14. The molecule has 2 aromatic heterocycles. The molecule has 2 rings (SSSR count). The maximum Gasteiger partial charge on any atom is 0.0738 e. The van der Waals surface area contributed by atoms with Crippen LogP contribution in [-0.4, -0.2) is 16.8 Å². The summed E-state index contributed by atoms with van der Waals surface area (Å²) in [6.07, 6.45) is 0.867. The molecule has 0 aliphatic heterocycles. The summed E-state index contributed by atoms with van der Waals surface area (Å²) in [4.78, 5) is 1.18. The quantitative estimate of drug-likeness (QED) is 0.864. The fraction of sp³-hybridized carbons (Fsp3) is 0.462. The second-order valence-corrected chi connectivity index (χ2v) is 6.49. The standard InChI is InChI=1S/C13H17BrClN3S/c1-4-18-11(12(14)8(2)17-18)7-10(16-3)13-9(15)5-6-19-13/h5-6,10,16H,4,7H2,1-3H3. The number of rotatable bonds is 5. The van der Waals surface area contributed by atoms with Crippen LogP contribution in [0.25, 0.3) is 0 Å². The summed E-state index contributed by atoms with van der Waals surface area (Å²) in [5.74, 6) is 0. The summed E-state index contributed by atoms with van der Waals surface area (Å²) in [5.41, 5.74) is 2.24. The van der Waals surface area contributed by atoms with Gasteiger partial charge in [0.1, 0.15) is 0 Å². The highest BCUT2D eigenvalue weighted by Crippen LogP contribution is 2.32. The zero-order chi connectivity index (χ0) is 14.0. The molecule has 0 spiro atoms. The number of nitrogens with zero attached hydrogens (tertiary/aromatic N) is 2. The van der Waals surface area contributed by atoms with Gasteiger partial charge in [0.05, 0.1) is 20.9 Å². The number of hydrogen-bond acceptors (Lipinski definition) is 3. The van der Waals surface area contributed by atoms with Crippen LogP contribution in [0.3, 0.4) is 0 Å². The van der Waals surface area contributed by atoms with Gasteiger partial charge in [0.25, 0.3) is 0 Å². The van der Waals surface area contributed by atoms with E-state index in [0.29, 0.717) is 0 Å². The van der Waals surface area contributed by atoms with E-state index in [0.717, 1.165) is 28.2 Å². The molecule has 0 fully saturated rings. The lowest BCUT2D eigenvalue weighted by atomic mass is 10.1. The molecule has 0 aliphatic carbocycles. The lowest BCUT2D eigenvalue weighted by molar-refractivity contribution is 0.545. The Morgan fingerprint density at radius 3 is 2.84 bits per heavy atom. The zero-order valence-electron chi connectivity index (χ0n) is 11.2. The molecule has 0 bridgehead atoms. The number of likely N-dealkylation sites (N-methyl/N-ethyl adjacent to an activating group) is 1. The molecule has 2 heterocycles. The molecule has 0 saturated heterocycles. The Kier molecular flexibility index (Phi) is 5.06. The monoisotopic (exact) mass is 361 g/mol. The van der Waals surface area contributed by atoms with Gasteiger partial charge in [-0.3, -0.25) is 4.68 Å². The molecule has 1 N–H and O–H groups in total. The Bertz CT molecular complexity index is 564. The van der Waals surface area contributed by atoms with E-state index >= 15 is 0 Å². The predicted molar refractivity (Wildman–Crippen MR) is 85.2 cm³/mol. The molecule has 0 aliphatic rings. The van der Waals surface area contributed by atoms with E-state index in [9.17, 15) is 0 Å². The average Bonchev–Trinajstić information content (AvgIpc) is 2.93. The van der Waals surface area contributed by atoms with Crippen molar-refractivity contribution in [3.63, 3.8) is 0 Å². The van der Waals surface area contributed by atoms with Crippen LogP contribution in [0.1, 0.15) is 29.2 Å². The number of aromatic nitrogens is 2. The summed E-state index contributed by atoms with van der Waals surface area (Å²) in [7, 11) is 1.97. The molecule has 2 aromatic rings. The highest BCUT2D eigenvalue weighted by Gasteiger charge is 2.20. The molecule has 1 atom stereocenters. The van der Waals surface area contributed by atoms with E-state index in [4.69, 9.17) is 11.6 Å². The van der Waals surface area contributed by atoms with E-state index in [1.54, 1.807) is 11.3 Å². The van der Waals surface area contributed by atoms with Crippen molar-refractivity contribution in [1.82, 2.24) is 15.1 Å². The van der Waals surface area contributed by atoms with Crippen molar-refractivity contribution in [2.75, 3.05) is 7.05 Å². The lowest BCUT2D eigenvalue weighted by Crippen LogP contribution is -2.20. The molecule has 0 saturated carbocycles. The highest BCUT2D eigenvalue weighted by molar-refractivity contribution is 9.10. The van der Waals surface area contributed by atoms with Crippen LogP contribution in [0, 0.1) is 6.92 Å². The highest BCUT2D eigenvalue weighted by atomic mass is 79.9. The van der Waals surface area contributed by atoms with Crippen LogP contribution in [0.4, 0.5) is 0 Å². The number of thiophene rings is 1. The Morgan fingerprint density at radius 1 is 1.58 bits per heavy atom. The first-order valence-electron chi connectivity index (χ1n) is 6.20. The Hall–Kier alpha value is -0.360. The summed E-state index contributed by atoms with van der Waals surface area (Å²) in [5, 5.41) is 10.7. The summed E-state index contributed by atoms with van der Waals surface area (Å²) in [6, 6.07) is 2.16. The van der Waals surface area contributed by atoms with Crippen molar-refractivity contribution >= 4 is 38.9 Å². The largest absolute Gasteiger partial charge is 0.312 e. The number of aryl methyl sites for hydroxylation is 2. The Balaban J connectivity index is 2.31. The minimum absolute atomic E-state index is 0.213. The minimum atomic E-state index is 0.213. The summed E-state index contributed by atoms with van der Waals surface area (Å²) >= 11 is 11.6. The molecule has 104 valence electrons. The molecular formula is C13H17BrClN3S. The van der Waals surface area contributed by atoms with Crippen molar-refractivity contribution in [3.05, 3.63) is 37.2 Å². The van der Waals surface area contributed by atoms with Crippen LogP contribution in [0.5, 0.6) is 0 Å². The van der Waals surface area contributed by atoms with Gasteiger partial charge in [-0.1, -0.05) is 11.6 Å². The summed E-state index contributed by atoms with van der Waals surface area (Å²) in [6.45, 7) is 5.00. The van der Waals surface area contributed by atoms with Gasteiger partial charge >= 0.3 is 0 Å². The third-order valence-electron chi connectivity index (χ3n) is 3.16. The van der Waals surface area contributed by atoms with Gasteiger partial charge in [-0.05, 0) is 48.3 Å². The van der Waals surface area contributed by atoms with E-state index in [1.165, 1.54) is 10.6 Å². The molecule has 0 radical (unpaired) electrons. The number of hydrogen-bond donors (Lipinski definition) is 1. The molecule has 1 unspecified atom stereocenters. The zero-order valence-corrected chi connectivity index (χ0v) is 14.4. The van der Waals surface area contributed by atoms with Crippen molar-refractivity contribution in [2.24, 2.45) is 0 Å². The molecular weight excluding hydrogens is 346 g/mol. The Morgan fingerprint density at radius 2 is 2.32 bits per heavy atom. The Labute approximate surface area is 131 Å². The van der Waals surface area contributed by atoms with Crippen molar-refractivity contribution in [2.45, 2.75) is 32.9 Å². The van der Waals surface area contributed by atoms with Gasteiger partial charge in [0.15, 0.2) is 0 Å². The maximum atomic E-state index is 6.23. The van der Waals surface area contributed by atoms with Gasteiger partial charge in [0, 0.05) is 23.9 Å². The van der Waals surface area contributed by atoms with Crippen LogP contribution < -0.4 is 5.32 Å². The molecule has 19 heavy (non-hydrogen) atoms. The van der Waals surface area contributed by atoms with Crippen molar-refractivity contribution in [3.8, 4) is 0 Å². The van der Waals surface area contributed by atoms with Crippen LogP contribution in [-0.2, 0) is 13.0 Å². The van der Waals surface area contributed by atoms with E-state index in [2.05, 4.69) is 33.3 Å². The van der Waals surface area contributed by atoms with E-state index in [1.807, 2.05) is 30.1 Å². The topological polar surface area (TPSA) is 29.9 Å². The van der Waals surface area contributed by atoms with Crippen molar-refractivity contribution in [1.29, 1.82) is 0 Å². The van der Waals surface area contributed by atoms with Gasteiger partial charge in [-0.2, -0.15) is 5.10 Å². The van der Waals surface area contributed by atoms with Gasteiger partial charge in [-0.15, -0.1) is 11.3 Å². The second kappa shape index (κ2) is 6.39. The van der Waals surface area contributed by atoms with E-state index in [-0.39, 0.29) is 6.04 Å². The third kappa shape index (κ3) is 3.05. The summed E-state index contributed by atoms with van der Waals surface area (Å²) < 4.78 is 3.15. The SMILES string of the molecule is CCn1nc(C)c(Br)c1CC(NC)c1sccc1Cl. The average molecular weight is 363 g/mol. The first-order chi connectivity index (χ1) is 9.08. The molecule has 3 nitrogen and oxygen atoms in total. The first kappa shape index (κ1) is 15.0. The molecule has 6 heteroatoms. The lowest BCUT2D eigenvalue weighted by Gasteiger charge is -2.16. The van der Waals surface area contributed by atoms with Crippen LogP contribution in [0.2, 0.25) is 5.02 Å². The maximum absolute atomic E-state index is 6.23. The second-order valence-electron chi connectivity index (χ2n) is 4.34. The normalized spacial score (nSPS) is 12.9. The van der Waals surface area contributed by atoms with Gasteiger partial charge < -0.3 is 5.32 Å². The first-order valence-corrected chi connectivity index (χ1v) is 8.25. The van der Waals surface area contributed by atoms with Gasteiger partial charge in [-0.25, -0.2) is 0 Å². The minimum Gasteiger partial charge on any atom is -0.312 e. The van der Waals surface area contributed by atoms with E-state index < -0.39 is 0 Å².